The molecule has 1 N–H and O–H groups in total. The van der Waals surface area contributed by atoms with Crippen LogP contribution >= 0.6 is 0 Å². The predicted octanol–water partition coefficient (Wildman–Crippen LogP) is 1.91. The molecule has 106 valence electrons. The van der Waals surface area contributed by atoms with Crippen LogP contribution in [0.4, 0.5) is 0 Å². The standard InChI is InChI=1S/C15H19N3O2/c19-15(12-4-2-1-3-5-12)10-13-11-18(17-16-13)14-6-8-20-9-7-14/h1-5,11,14-15,19H,6-10H2. The molecule has 1 fully saturated rings. The molecule has 0 spiro atoms. The Morgan fingerprint density at radius 1 is 1.25 bits per heavy atom. The van der Waals surface area contributed by atoms with E-state index in [4.69, 9.17) is 4.74 Å². The van der Waals surface area contributed by atoms with E-state index in [2.05, 4.69) is 10.3 Å². The first-order valence-corrected chi connectivity index (χ1v) is 7.04. The number of benzene rings is 1. The number of nitrogens with zero attached hydrogens (tertiary/aromatic N) is 3. The van der Waals surface area contributed by atoms with Gasteiger partial charge in [-0.2, -0.15) is 0 Å². The molecule has 20 heavy (non-hydrogen) atoms. The van der Waals surface area contributed by atoms with E-state index in [9.17, 15) is 5.11 Å². The van der Waals surface area contributed by atoms with Gasteiger partial charge in [-0.3, -0.25) is 0 Å². The minimum atomic E-state index is -0.531. The molecule has 5 nitrogen and oxygen atoms in total. The number of aliphatic hydroxyl groups is 1. The molecule has 1 unspecified atom stereocenters. The van der Waals surface area contributed by atoms with E-state index >= 15 is 0 Å². The van der Waals surface area contributed by atoms with Crippen molar-refractivity contribution in [3.05, 3.63) is 47.8 Å². The van der Waals surface area contributed by atoms with Gasteiger partial charge in [0.05, 0.1) is 17.8 Å². The van der Waals surface area contributed by atoms with Crippen molar-refractivity contribution in [1.82, 2.24) is 15.0 Å². The maximum Gasteiger partial charge on any atom is 0.0856 e. The second kappa shape index (κ2) is 6.15. The second-order valence-corrected chi connectivity index (χ2v) is 5.16. The molecule has 3 rings (SSSR count). The normalized spacial score (nSPS) is 18.1. The van der Waals surface area contributed by atoms with Gasteiger partial charge in [-0.15, -0.1) is 5.10 Å². The van der Waals surface area contributed by atoms with Gasteiger partial charge in [0.15, 0.2) is 0 Å². The summed E-state index contributed by atoms with van der Waals surface area (Å²) in [6, 6.07) is 10.0. The summed E-state index contributed by atoms with van der Waals surface area (Å²) in [5.41, 5.74) is 1.74. The van der Waals surface area contributed by atoms with Gasteiger partial charge in [-0.1, -0.05) is 35.5 Å². The third-order valence-electron chi connectivity index (χ3n) is 3.71. The van der Waals surface area contributed by atoms with Crippen molar-refractivity contribution in [3.8, 4) is 0 Å². The Balaban J connectivity index is 1.65. The molecule has 1 aliphatic rings. The summed E-state index contributed by atoms with van der Waals surface area (Å²) in [5.74, 6) is 0. The molecular weight excluding hydrogens is 254 g/mol. The Morgan fingerprint density at radius 3 is 2.75 bits per heavy atom. The van der Waals surface area contributed by atoms with E-state index in [-0.39, 0.29) is 0 Å². The van der Waals surface area contributed by atoms with Gasteiger partial charge in [-0.25, -0.2) is 4.68 Å². The van der Waals surface area contributed by atoms with Gasteiger partial charge in [0, 0.05) is 25.8 Å². The zero-order valence-corrected chi connectivity index (χ0v) is 11.4. The Morgan fingerprint density at radius 2 is 2.00 bits per heavy atom. The summed E-state index contributed by atoms with van der Waals surface area (Å²) in [6.45, 7) is 1.57. The zero-order valence-electron chi connectivity index (χ0n) is 11.4. The number of hydrogen-bond acceptors (Lipinski definition) is 4. The van der Waals surface area contributed by atoms with Crippen molar-refractivity contribution in [2.45, 2.75) is 31.4 Å². The molecule has 2 aromatic rings. The van der Waals surface area contributed by atoms with E-state index in [0.717, 1.165) is 37.3 Å². The van der Waals surface area contributed by atoms with Gasteiger partial charge in [-0.05, 0) is 18.4 Å². The van der Waals surface area contributed by atoms with E-state index in [1.54, 1.807) is 0 Å². The summed E-state index contributed by atoms with van der Waals surface area (Å²) in [6.07, 6.45) is 3.86. The lowest BCUT2D eigenvalue weighted by Gasteiger charge is -2.21. The van der Waals surface area contributed by atoms with E-state index in [0.29, 0.717) is 12.5 Å². The van der Waals surface area contributed by atoms with Crippen LogP contribution in [0.2, 0.25) is 0 Å². The highest BCUT2D eigenvalue weighted by molar-refractivity contribution is 5.18. The highest BCUT2D eigenvalue weighted by atomic mass is 16.5. The minimum absolute atomic E-state index is 0.374. The summed E-state index contributed by atoms with van der Waals surface area (Å²) in [4.78, 5) is 0. The Labute approximate surface area is 118 Å². The van der Waals surface area contributed by atoms with Crippen molar-refractivity contribution in [2.24, 2.45) is 0 Å². The number of aliphatic hydroxyl groups excluding tert-OH is 1. The van der Waals surface area contributed by atoms with Crippen molar-refractivity contribution in [3.63, 3.8) is 0 Å². The number of ether oxygens (including phenoxy) is 1. The molecule has 1 aromatic carbocycles. The summed E-state index contributed by atoms with van der Waals surface area (Å²) >= 11 is 0. The number of rotatable bonds is 4. The van der Waals surface area contributed by atoms with Gasteiger partial charge in [0.2, 0.25) is 0 Å². The molecule has 0 saturated carbocycles. The monoisotopic (exact) mass is 273 g/mol. The van der Waals surface area contributed by atoms with Crippen molar-refractivity contribution < 1.29 is 9.84 Å². The van der Waals surface area contributed by atoms with Crippen molar-refractivity contribution in [2.75, 3.05) is 13.2 Å². The molecule has 0 amide bonds. The van der Waals surface area contributed by atoms with Crippen molar-refractivity contribution >= 4 is 0 Å². The Bertz CT molecular complexity index is 535. The van der Waals surface area contributed by atoms with Gasteiger partial charge >= 0.3 is 0 Å². The third kappa shape index (κ3) is 3.05. The third-order valence-corrected chi connectivity index (χ3v) is 3.71. The zero-order chi connectivity index (χ0) is 13.8. The molecular formula is C15H19N3O2. The Hall–Kier alpha value is -1.72. The fraction of sp³-hybridized carbons (Fsp3) is 0.467. The number of aromatic nitrogens is 3. The topological polar surface area (TPSA) is 60.2 Å². The first-order chi connectivity index (χ1) is 9.83. The molecule has 0 radical (unpaired) electrons. The van der Waals surface area contributed by atoms with E-state index in [1.807, 2.05) is 41.2 Å². The van der Waals surface area contributed by atoms with Crippen LogP contribution in [0, 0.1) is 0 Å². The molecule has 2 heterocycles. The van der Waals surface area contributed by atoms with Crippen LogP contribution < -0.4 is 0 Å². The maximum atomic E-state index is 10.2. The average Bonchev–Trinajstić information content (AvgIpc) is 2.97. The molecule has 1 aromatic heterocycles. The van der Waals surface area contributed by atoms with Crippen LogP contribution in [0.25, 0.3) is 0 Å². The molecule has 0 aliphatic carbocycles. The van der Waals surface area contributed by atoms with Crippen LogP contribution in [0.3, 0.4) is 0 Å². The molecule has 1 aliphatic heterocycles. The lowest BCUT2D eigenvalue weighted by Crippen LogP contribution is -2.20. The predicted molar refractivity (Wildman–Crippen MR) is 74.2 cm³/mol. The maximum absolute atomic E-state index is 10.2. The molecule has 1 saturated heterocycles. The quantitative estimate of drug-likeness (QED) is 0.924. The van der Waals surface area contributed by atoms with Crippen LogP contribution in [-0.2, 0) is 11.2 Å². The molecule has 0 bridgehead atoms. The lowest BCUT2D eigenvalue weighted by atomic mass is 10.1. The highest BCUT2D eigenvalue weighted by Crippen LogP contribution is 2.21. The summed E-state index contributed by atoms with van der Waals surface area (Å²) in [7, 11) is 0. The van der Waals surface area contributed by atoms with E-state index < -0.39 is 6.10 Å². The van der Waals surface area contributed by atoms with Gasteiger partial charge < -0.3 is 9.84 Å². The molecule has 1 atom stereocenters. The first-order valence-electron chi connectivity index (χ1n) is 7.04. The smallest absolute Gasteiger partial charge is 0.0856 e. The average molecular weight is 273 g/mol. The fourth-order valence-electron chi connectivity index (χ4n) is 2.53. The Kier molecular flexibility index (Phi) is 4.08. The summed E-state index contributed by atoms with van der Waals surface area (Å²) < 4.78 is 7.26. The van der Waals surface area contributed by atoms with E-state index in [1.165, 1.54) is 0 Å². The largest absolute Gasteiger partial charge is 0.388 e. The van der Waals surface area contributed by atoms with Gasteiger partial charge in [0.25, 0.3) is 0 Å². The lowest BCUT2D eigenvalue weighted by molar-refractivity contribution is 0.0657. The van der Waals surface area contributed by atoms with Crippen LogP contribution in [0.5, 0.6) is 0 Å². The first kappa shape index (κ1) is 13.3. The van der Waals surface area contributed by atoms with Gasteiger partial charge in [0.1, 0.15) is 0 Å². The van der Waals surface area contributed by atoms with Crippen LogP contribution in [0.15, 0.2) is 36.5 Å². The highest BCUT2D eigenvalue weighted by Gasteiger charge is 2.18. The van der Waals surface area contributed by atoms with Crippen LogP contribution in [0.1, 0.15) is 36.2 Å². The SMILES string of the molecule is OC(Cc1cn(C2CCOCC2)nn1)c1ccccc1. The minimum Gasteiger partial charge on any atom is -0.388 e. The molecule has 5 heteroatoms. The fourth-order valence-corrected chi connectivity index (χ4v) is 2.53. The van der Waals surface area contributed by atoms with Crippen molar-refractivity contribution in [1.29, 1.82) is 0 Å². The number of hydrogen-bond donors (Lipinski definition) is 1. The second-order valence-electron chi connectivity index (χ2n) is 5.16. The van der Waals surface area contributed by atoms with Crippen LogP contribution in [-0.4, -0.2) is 33.3 Å². The summed E-state index contributed by atoms with van der Waals surface area (Å²) in [5, 5.41) is 18.6.